The van der Waals surface area contributed by atoms with Crippen molar-refractivity contribution in [3.63, 3.8) is 0 Å². The summed E-state index contributed by atoms with van der Waals surface area (Å²) < 4.78 is 13.5. The molecule has 0 aliphatic rings. The number of rotatable bonds is 8. The Hall–Kier alpha value is -2.54. The minimum atomic E-state index is -0.538. The molecule has 33 heavy (non-hydrogen) atoms. The van der Waals surface area contributed by atoms with Gasteiger partial charge < -0.3 is 14.8 Å². The third kappa shape index (κ3) is 7.22. The first-order chi connectivity index (χ1) is 15.9. The van der Waals surface area contributed by atoms with Gasteiger partial charge in [0.15, 0.2) is 11.5 Å². The fraction of sp³-hybridized carbons (Fsp3) is 0.120. The van der Waals surface area contributed by atoms with E-state index in [1.54, 1.807) is 36.4 Å². The van der Waals surface area contributed by atoms with Gasteiger partial charge in [-0.3, -0.25) is 4.79 Å². The molecule has 0 radical (unpaired) electrons. The number of carbonyl (C=O) groups excluding carboxylic acids is 1. The lowest BCUT2D eigenvalue weighted by Gasteiger charge is -2.14. The predicted molar refractivity (Wildman–Crippen MR) is 142 cm³/mol. The molecule has 8 heteroatoms. The average molecular weight is 638 g/mol. The number of nitriles is 1. The van der Waals surface area contributed by atoms with Gasteiger partial charge in [-0.1, -0.05) is 45.7 Å². The average Bonchev–Trinajstić information content (AvgIpc) is 2.79. The highest BCUT2D eigenvalue weighted by Gasteiger charge is 2.14. The molecule has 0 saturated carbocycles. The van der Waals surface area contributed by atoms with E-state index in [0.717, 1.165) is 9.13 Å². The van der Waals surface area contributed by atoms with Crippen LogP contribution in [-0.2, 0) is 11.4 Å². The zero-order valence-electron chi connectivity index (χ0n) is 17.6. The molecular formula is C25H19BrClIN2O3. The van der Waals surface area contributed by atoms with Crippen molar-refractivity contribution in [3.05, 3.63) is 90.4 Å². The molecule has 168 valence electrons. The molecule has 0 atom stereocenters. The Bertz CT molecular complexity index is 1220. The van der Waals surface area contributed by atoms with Crippen molar-refractivity contribution in [2.24, 2.45) is 0 Å². The Labute approximate surface area is 219 Å². The van der Waals surface area contributed by atoms with Gasteiger partial charge in [0.2, 0.25) is 0 Å². The van der Waals surface area contributed by atoms with Crippen LogP contribution in [0.25, 0.3) is 6.08 Å². The number of hydrogen-bond acceptors (Lipinski definition) is 4. The van der Waals surface area contributed by atoms with Crippen LogP contribution in [0.5, 0.6) is 11.5 Å². The van der Waals surface area contributed by atoms with E-state index in [1.807, 2.05) is 37.3 Å². The lowest BCUT2D eigenvalue weighted by atomic mass is 10.1. The monoisotopic (exact) mass is 636 g/mol. The maximum absolute atomic E-state index is 12.6. The van der Waals surface area contributed by atoms with E-state index in [-0.39, 0.29) is 5.57 Å². The Kier molecular flexibility index (Phi) is 9.18. The lowest BCUT2D eigenvalue weighted by molar-refractivity contribution is -0.112. The van der Waals surface area contributed by atoms with Crippen LogP contribution < -0.4 is 14.8 Å². The first-order valence-corrected chi connectivity index (χ1v) is 12.2. The summed E-state index contributed by atoms with van der Waals surface area (Å²) in [4.78, 5) is 12.6. The SMILES string of the molecule is CCOc1cc(/C=C(\C#N)C(=O)Nc2cccc(Cl)c2)c(Br)cc1OCc1ccc(I)cc1. The van der Waals surface area contributed by atoms with E-state index in [2.05, 4.69) is 43.8 Å². The normalized spacial score (nSPS) is 10.9. The van der Waals surface area contributed by atoms with Crippen molar-refractivity contribution >= 4 is 67.8 Å². The van der Waals surface area contributed by atoms with E-state index in [1.165, 1.54) is 6.08 Å². The molecule has 0 fully saturated rings. The topological polar surface area (TPSA) is 71.3 Å². The van der Waals surface area contributed by atoms with Crippen LogP contribution in [0.2, 0.25) is 5.02 Å². The summed E-state index contributed by atoms with van der Waals surface area (Å²) in [5, 5.41) is 12.7. The summed E-state index contributed by atoms with van der Waals surface area (Å²) in [6, 6.07) is 20.2. The molecule has 1 N–H and O–H groups in total. The number of halogens is 3. The Morgan fingerprint density at radius 3 is 2.55 bits per heavy atom. The van der Waals surface area contributed by atoms with Crippen LogP contribution in [0.1, 0.15) is 18.1 Å². The highest BCUT2D eigenvalue weighted by Crippen LogP contribution is 2.35. The molecule has 5 nitrogen and oxygen atoms in total. The largest absolute Gasteiger partial charge is 0.490 e. The molecule has 0 spiro atoms. The number of hydrogen-bond donors (Lipinski definition) is 1. The molecule has 3 aromatic rings. The van der Waals surface area contributed by atoms with E-state index in [0.29, 0.717) is 45.5 Å². The molecule has 0 unspecified atom stereocenters. The smallest absolute Gasteiger partial charge is 0.266 e. The maximum Gasteiger partial charge on any atom is 0.266 e. The molecule has 3 aromatic carbocycles. The van der Waals surface area contributed by atoms with E-state index >= 15 is 0 Å². The number of nitrogens with one attached hydrogen (secondary N) is 1. The van der Waals surface area contributed by atoms with Crippen molar-refractivity contribution in [3.8, 4) is 17.6 Å². The van der Waals surface area contributed by atoms with Gasteiger partial charge in [-0.25, -0.2) is 0 Å². The van der Waals surface area contributed by atoms with Gasteiger partial charge in [0, 0.05) is 18.8 Å². The second-order valence-electron chi connectivity index (χ2n) is 6.80. The van der Waals surface area contributed by atoms with Gasteiger partial charge in [-0.15, -0.1) is 0 Å². The summed E-state index contributed by atoms with van der Waals surface area (Å²) in [5.74, 6) is 0.537. The molecule has 0 aliphatic carbocycles. The van der Waals surface area contributed by atoms with Crippen LogP contribution in [0.3, 0.4) is 0 Å². The first kappa shape index (κ1) is 25.1. The van der Waals surface area contributed by atoms with Gasteiger partial charge in [-0.05, 0) is 89.2 Å². The van der Waals surface area contributed by atoms with Crippen LogP contribution in [-0.4, -0.2) is 12.5 Å². The van der Waals surface area contributed by atoms with E-state index in [4.69, 9.17) is 21.1 Å². The van der Waals surface area contributed by atoms with Crippen molar-refractivity contribution in [2.45, 2.75) is 13.5 Å². The maximum atomic E-state index is 12.6. The number of amides is 1. The Morgan fingerprint density at radius 1 is 1.15 bits per heavy atom. The standard InChI is InChI=1S/C25H19BrClIN2O3/c1-2-32-23-11-17(10-18(14-29)25(31)30-21-5-3-4-19(27)12-21)22(26)13-24(23)33-15-16-6-8-20(28)9-7-16/h3-13H,2,15H2,1H3,(H,30,31)/b18-10+. The van der Waals surface area contributed by atoms with Crippen molar-refractivity contribution in [1.29, 1.82) is 5.26 Å². The summed E-state index contributed by atoms with van der Waals surface area (Å²) >= 11 is 11.7. The van der Waals surface area contributed by atoms with Crippen LogP contribution in [0, 0.1) is 14.9 Å². The third-order valence-corrected chi connectivity index (χ3v) is 6.06. The highest BCUT2D eigenvalue weighted by molar-refractivity contribution is 14.1. The van der Waals surface area contributed by atoms with Gasteiger partial charge in [0.25, 0.3) is 5.91 Å². The fourth-order valence-electron chi connectivity index (χ4n) is 2.85. The zero-order valence-corrected chi connectivity index (χ0v) is 22.1. The molecule has 0 saturated heterocycles. The van der Waals surface area contributed by atoms with Gasteiger partial charge in [-0.2, -0.15) is 5.26 Å². The molecule has 0 heterocycles. The van der Waals surface area contributed by atoms with Crippen molar-refractivity contribution in [1.82, 2.24) is 0 Å². The predicted octanol–water partition coefficient (Wildman–Crippen LogP) is 7.23. The minimum Gasteiger partial charge on any atom is -0.490 e. The minimum absolute atomic E-state index is 0.0642. The van der Waals surface area contributed by atoms with E-state index < -0.39 is 5.91 Å². The molecule has 3 rings (SSSR count). The fourth-order valence-corrected chi connectivity index (χ4v) is 3.84. The molecule has 0 bridgehead atoms. The number of carbonyl (C=O) groups is 1. The van der Waals surface area contributed by atoms with Gasteiger partial charge in [0.05, 0.1) is 6.61 Å². The van der Waals surface area contributed by atoms with Crippen LogP contribution in [0.15, 0.2) is 70.7 Å². The summed E-state index contributed by atoms with van der Waals surface area (Å²) in [7, 11) is 0. The lowest BCUT2D eigenvalue weighted by Crippen LogP contribution is -2.13. The second-order valence-corrected chi connectivity index (χ2v) is 9.34. The molecule has 0 aliphatic heterocycles. The van der Waals surface area contributed by atoms with Gasteiger partial charge >= 0.3 is 0 Å². The molecule has 0 aromatic heterocycles. The van der Waals surface area contributed by atoms with Crippen molar-refractivity contribution < 1.29 is 14.3 Å². The van der Waals surface area contributed by atoms with Crippen LogP contribution in [0.4, 0.5) is 5.69 Å². The highest BCUT2D eigenvalue weighted by atomic mass is 127. The zero-order chi connectivity index (χ0) is 23.8. The number of nitrogens with zero attached hydrogens (tertiary/aromatic N) is 1. The van der Waals surface area contributed by atoms with E-state index in [9.17, 15) is 10.1 Å². The van der Waals surface area contributed by atoms with Crippen LogP contribution >= 0.6 is 50.1 Å². The Balaban J connectivity index is 1.84. The number of ether oxygens (including phenoxy) is 2. The van der Waals surface area contributed by atoms with Crippen molar-refractivity contribution in [2.75, 3.05) is 11.9 Å². The first-order valence-electron chi connectivity index (χ1n) is 9.92. The summed E-state index contributed by atoms with van der Waals surface area (Å²) in [6.07, 6.45) is 1.50. The second kappa shape index (κ2) is 12.1. The summed E-state index contributed by atoms with van der Waals surface area (Å²) in [6.45, 7) is 2.69. The third-order valence-electron chi connectivity index (χ3n) is 4.42. The quantitative estimate of drug-likeness (QED) is 0.161. The molecular weight excluding hydrogens is 619 g/mol. The Morgan fingerprint density at radius 2 is 1.88 bits per heavy atom. The number of anilines is 1. The summed E-state index contributed by atoms with van der Waals surface area (Å²) in [5.41, 5.74) is 2.08. The van der Waals surface area contributed by atoms with Gasteiger partial charge in [0.1, 0.15) is 18.2 Å². The molecule has 1 amide bonds. The number of benzene rings is 3.